The lowest BCUT2D eigenvalue weighted by Gasteiger charge is -2.16. The average molecular weight is 373 g/mol. The standard InChI is InChI=1S/C18H19N3O4S/c1-26(24,25)20-16-6-3-2-5-15(16)18(23)19-13-8-10-14(11-9-13)21-12-4-7-17(21)22/h2-3,5-6,8-11,20H,4,7,12H2,1H3,(H,19,23). The van der Waals surface area contributed by atoms with E-state index in [9.17, 15) is 18.0 Å². The van der Waals surface area contributed by atoms with Gasteiger partial charge in [-0.1, -0.05) is 12.1 Å². The molecule has 0 aromatic heterocycles. The van der Waals surface area contributed by atoms with Gasteiger partial charge in [0.15, 0.2) is 0 Å². The van der Waals surface area contributed by atoms with Crippen molar-refractivity contribution in [2.45, 2.75) is 12.8 Å². The molecule has 0 bridgehead atoms. The molecule has 3 rings (SSSR count). The van der Waals surface area contributed by atoms with Gasteiger partial charge < -0.3 is 10.2 Å². The molecule has 1 heterocycles. The van der Waals surface area contributed by atoms with E-state index in [1.807, 2.05) is 0 Å². The lowest BCUT2D eigenvalue weighted by Crippen LogP contribution is -2.23. The van der Waals surface area contributed by atoms with E-state index in [1.54, 1.807) is 47.4 Å². The van der Waals surface area contributed by atoms with Crippen LogP contribution in [0.5, 0.6) is 0 Å². The summed E-state index contributed by atoms with van der Waals surface area (Å²) in [6, 6.07) is 13.4. The summed E-state index contributed by atoms with van der Waals surface area (Å²) < 4.78 is 25.2. The van der Waals surface area contributed by atoms with Crippen molar-refractivity contribution in [3.05, 3.63) is 54.1 Å². The molecule has 1 aliphatic rings. The molecule has 0 radical (unpaired) electrons. The SMILES string of the molecule is CS(=O)(=O)Nc1ccccc1C(=O)Nc1ccc(N2CCCC2=O)cc1. The maximum absolute atomic E-state index is 12.5. The van der Waals surface area contributed by atoms with Crippen LogP contribution in [0.25, 0.3) is 0 Å². The van der Waals surface area contributed by atoms with E-state index in [4.69, 9.17) is 0 Å². The Morgan fingerprint density at radius 3 is 2.38 bits per heavy atom. The topological polar surface area (TPSA) is 95.6 Å². The Kier molecular flexibility index (Phi) is 4.94. The van der Waals surface area contributed by atoms with Crippen LogP contribution in [0.4, 0.5) is 17.1 Å². The second-order valence-electron chi connectivity index (χ2n) is 6.07. The number of benzene rings is 2. The van der Waals surface area contributed by atoms with E-state index >= 15 is 0 Å². The molecule has 0 atom stereocenters. The van der Waals surface area contributed by atoms with Crippen LogP contribution < -0.4 is 14.9 Å². The predicted octanol–water partition coefficient (Wildman–Crippen LogP) is 2.44. The molecule has 0 aliphatic carbocycles. The molecule has 1 aliphatic heterocycles. The molecule has 0 saturated carbocycles. The maximum atomic E-state index is 12.5. The van der Waals surface area contributed by atoms with Crippen molar-refractivity contribution in [2.24, 2.45) is 0 Å². The average Bonchev–Trinajstić information content (AvgIpc) is 3.00. The number of nitrogens with one attached hydrogen (secondary N) is 2. The molecular formula is C18H19N3O4S. The monoisotopic (exact) mass is 373 g/mol. The molecule has 2 amide bonds. The number of nitrogens with zero attached hydrogens (tertiary/aromatic N) is 1. The Labute approximate surface area is 152 Å². The fraction of sp³-hybridized carbons (Fsp3) is 0.222. The summed E-state index contributed by atoms with van der Waals surface area (Å²) in [5.41, 5.74) is 1.78. The van der Waals surface area contributed by atoms with Crippen LogP contribution >= 0.6 is 0 Å². The van der Waals surface area contributed by atoms with Gasteiger partial charge >= 0.3 is 0 Å². The van der Waals surface area contributed by atoms with Crippen LogP contribution in [0, 0.1) is 0 Å². The maximum Gasteiger partial charge on any atom is 0.257 e. The Bertz CT molecular complexity index is 939. The first-order valence-corrected chi connectivity index (χ1v) is 10.0. The number of para-hydroxylation sites is 1. The van der Waals surface area contributed by atoms with Gasteiger partial charge in [0.1, 0.15) is 0 Å². The highest BCUT2D eigenvalue weighted by atomic mass is 32.2. The predicted molar refractivity (Wildman–Crippen MR) is 101 cm³/mol. The third-order valence-electron chi connectivity index (χ3n) is 3.98. The molecule has 0 unspecified atom stereocenters. The van der Waals surface area contributed by atoms with Crippen molar-refractivity contribution in [1.82, 2.24) is 0 Å². The van der Waals surface area contributed by atoms with Crippen molar-refractivity contribution < 1.29 is 18.0 Å². The van der Waals surface area contributed by atoms with Crippen LogP contribution in [0.3, 0.4) is 0 Å². The summed E-state index contributed by atoms with van der Waals surface area (Å²) >= 11 is 0. The first-order chi connectivity index (χ1) is 12.3. The molecule has 8 heteroatoms. The van der Waals surface area contributed by atoms with Crippen molar-refractivity contribution >= 4 is 38.9 Å². The molecule has 2 N–H and O–H groups in total. The fourth-order valence-electron chi connectivity index (χ4n) is 2.81. The Morgan fingerprint density at radius 2 is 1.77 bits per heavy atom. The molecular weight excluding hydrogens is 354 g/mol. The normalized spacial score (nSPS) is 14.3. The third kappa shape index (κ3) is 4.20. The molecule has 0 spiro atoms. The number of carbonyl (C=O) groups is 2. The number of rotatable bonds is 5. The number of anilines is 3. The second-order valence-corrected chi connectivity index (χ2v) is 7.82. The summed E-state index contributed by atoms with van der Waals surface area (Å²) in [6.07, 6.45) is 2.43. The minimum absolute atomic E-state index is 0.0996. The van der Waals surface area contributed by atoms with Crippen molar-refractivity contribution in [3.63, 3.8) is 0 Å². The molecule has 1 saturated heterocycles. The zero-order valence-corrected chi connectivity index (χ0v) is 15.0. The Hall–Kier alpha value is -2.87. The van der Waals surface area contributed by atoms with Crippen molar-refractivity contribution in [3.8, 4) is 0 Å². The summed E-state index contributed by atoms with van der Waals surface area (Å²) in [6.45, 7) is 0.703. The van der Waals surface area contributed by atoms with Gasteiger partial charge in [-0.05, 0) is 42.8 Å². The largest absolute Gasteiger partial charge is 0.322 e. The third-order valence-corrected chi connectivity index (χ3v) is 4.57. The van der Waals surface area contributed by atoms with E-state index in [2.05, 4.69) is 10.0 Å². The van der Waals surface area contributed by atoms with E-state index in [0.29, 0.717) is 18.7 Å². The number of amides is 2. The lowest BCUT2D eigenvalue weighted by atomic mass is 10.1. The van der Waals surface area contributed by atoms with E-state index < -0.39 is 15.9 Å². The van der Waals surface area contributed by atoms with Gasteiger partial charge in [-0.3, -0.25) is 14.3 Å². The highest BCUT2D eigenvalue weighted by Crippen LogP contribution is 2.24. The fourth-order valence-corrected chi connectivity index (χ4v) is 3.39. The van der Waals surface area contributed by atoms with E-state index in [-0.39, 0.29) is 17.2 Å². The first kappa shape index (κ1) is 17.9. The zero-order chi connectivity index (χ0) is 18.7. The summed E-state index contributed by atoms with van der Waals surface area (Å²) in [4.78, 5) is 26.0. The number of carbonyl (C=O) groups excluding carboxylic acids is 2. The summed E-state index contributed by atoms with van der Waals surface area (Å²) in [5.74, 6) is -0.329. The van der Waals surface area contributed by atoms with Gasteiger partial charge in [-0.15, -0.1) is 0 Å². The minimum atomic E-state index is -3.49. The van der Waals surface area contributed by atoms with Gasteiger partial charge in [0.2, 0.25) is 15.9 Å². The Balaban J connectivity index is 1.75. The number of hydrogen-bond donors (Lipinski definition) is 2. The Morgan fingerprint density at radius 1 is 1.08 bits per heavy atom. The van der Waals surface area contributed by atoms with Gasteiger partial charge in [0, 0.05) is 24.3 Å². The van der Waals surface area contributed by atoms with Crippen LogP contribution in [0.15, 0.2) is 48.5 Å². The summed E-state index contributed by atoms with van der Waals surface area (Å²) in [5, 5.41) is 2.74. The first-order valence-electron chi connectivity index (χ1n) is 8.12. The highest BCUT2D eigenvalue weighted by Gasteiger charge is 2.21. The van der Waals surface area contributed by atoms with Gasteiger partial charge in [-0.2, -0.15) is 0 Å². The molecule has 136 valence electrons. The van der Waals surface area contributed by atoms with Gasteiger partial charge in [-0.25, -0.2) is 8.42 Å². The quantitative estimate of drug-likeness (QED) is 0.841. The number of sulfonamides is 1. The van der Waals surface area contributed by atoms with Gasteiger partial charge in [0.25, 0.3) is 5.91 Å². The van der Waals surface area contributed by atoms with E-state index in [0.717, 1.165) is 18.4 Å². The van der Waals surface area contributed by atoms with Crippen molar-refractivity contribution in [1.29, 1.82) is 0 Å². The summed E-state index contributed by atoms with van der Waals surface area (Å²) in [7, 11) is -3.49. The smallest absolute Gasteiger partial charge is 0.257 e. The molecule has 26 heavy (non-hydrogen) atoms. The number of hydrogen-bond acceptors (Lipinski definition) is 4. The second kappa shape index (κ2) is 7.17. The molecule has 7 nitrogen and oxygen atoms in total. The molecule has 2 aromatic rings. The molecule has 2 aromatic carbocycles. The van der Waals surface area contributed by atoms with Crippen molar-refractivity contribution in [2.75, 3.05) is 27.7 Å². The highest BCUT2D eigenvalue weighted by molar-refractivity contribution is 7.92. The van der Waals surface area contributed by atoms with Gasteiger partial charge in [0.05, 0.1) is 17.5 Å². The van der Waals surface area contributed by atoms with Crippen LogP contribution in [0.1, 0.15) is 23.2 Å². The zero-order valence-electron chi connectivity index (χ0n) is 14.2. The van der Waals surface area contributed by atoms with Crippen LogP contribution in [0.2, 0.25) is 0 Å². The van der Waals surface area contributed by atoms with E-state index in [1.165, 1.54) is 6.07 Å². The molecule has 1 fully saturated rings. The van der Waals surface area contributed by atoms with Crippen LogP contribution in [-0.4, -0.2) is 33.0 Å². The van der Waals surface area contributed by atoms with Crippen LogP contribution in [-0.2, 0) is 14.8 Å². The lowest BCUT2D eigenvalue weighted by molar-refractivity contribution is -0.117. The minimum Gasteiger partial charge on any atom is -0.322 e.